The molecule has 8 nitrogen and oxygen atoms in total. The fourth-order valence-electron chi connectivity index (χ4n) is 3.16. The fourth-order valence-corrected chi connectivity index (χ4v) is 4.09. The van der Waals surface area contributed by atoms with Crippen LogP contribution in [0.15, 0.2) is 42.5 Å². The molecule has 10 heteroatoms. The molecule has 0 radical (unpaired) electrons. The van der Waals surface area contributed by atoms with Crippen molar-refractivity contribution in [2.45, 2.75) is 26.3 Å². The minimum atomic E-state index is -0.753. The van der Waals surface area contributed by atoms with Crippen LogP contribution in [0.4, 0.5) is 5.13 Å². The zero-order chi connectivity index (χ0) is 22.7. The standard InChI is InChI=1S/C22H21ClN4O4S/c1-3-12(2)18(24-19(28)13-7-8-16-17(10-13)31-11-30-16)20(29)25-22-27-26-21(32-22)14-5-4-6-15(23)9-14/h4-10,12,18H,3,11H2,1-2H3,(H,24,28)(H,25,27,29). The largest absolute Gasteiger partial charge is 0.454 e. The summed E-state index contributed by atoms with van der Waals surface area (Å²) < 4.78 is 10.6. The Kier molecular flexibility index (Phi) is 6.57. The maximum Gasteiger partial charge on any atom is 0.252 e. The third kappa shape index (κ3) is 4.84. The van der Waals surface area contributed by atoms with Crippen LogP contribution in [0.3, 0.4) is 0 Å². The predicted octanol–water partition coefficient (Wildman–Crippen LogP) is 4.37. The SMILES string of the molecule is CCC(C)C(NC(=O)c1ccc2c(c1)OCO2)C(=O)Nc1nnc(-c2cccc(Cl)c2)s1. The lowest BCUT2D eigenvalue weighted by Crippen LogP contribution is -2.47. The van der Waals surface area contributed by atoms with E-state index in [2.05, 4.69) is 20.8 Å². The number of nitrogens with zero attached hydrogens (tertiary/aromatic N) is 2. The topological polar surface area (TPSA) is 102 Å². The lowest BCUT2D eigenvalue weighted by molar-refractivity contribution is -0.119. The van der Waals surface area contributed by atoms with Crippen LogP contribution in [-0.4, -0.2) is 34.8 Å². The summed E-state index contributed by atoms with van der Waals surface area (Å²) in [6.07, 6.45) is 0.698. The molecule has 0 spiro atoms. The minimum absolute atomic E-state index is 0.103. The summed E-state index contributed by atoms with van der Waals surface area (Å²) in [5.41, 5.74) is 1.19. The van der Waals surface area contributed by atoms with Gasteiger partial charge in [-0.1, -0.05) is 55.3 Å². The van der Waals surface area contributed by atoms with E-state index < -0.39 is 6.04 Å². The van der Waals surface area contributed by atoms with Gasteiger partial charge in [0.1, 0.15) is 11.0 Å². The second kappa shape index (κ2) is 9.54. The fraction of sp³-hybridized carbons (Fsp3) is 0.273. The van der Waals surface area contributed by atoms with Crippen molar-refractivity contribution in [1.82, 2.24) is 15.5 Å². The van der Waals surface area contributed by atoms with Crippen LogP contribution < -0.4 is 20.1 Å². The number of benzene rings is 2. The second-order valence-corrected chi connectivity index (χ2v) is 8.73. The highest BCUT2D eigenvalue weighted by molar-refractivity contribution is 7.18. The van der Waals surface area contributed by atoms with E-state index in [1.807, 2.05) is 26.0 Å². The molecule has 4 rings (SSSR count). The van der Waals surface area contributed by atoms with Gasteiger partial charge in [0.25, 0.3) is 5.91 Å². The van der Waals surface area contributed by atoms with Crippen LogP contribution in [0, 0.1) is 5.92 Å². The van der Waals surface area contributed by atoms with Crippen molar-refractivity contribution in [3.8, 4) is 22.1 Å². The van der Waals surface area contributed by atoms with Gasteiger partial charge in [0.05, 0.1) is 0 Å². The van der Waals surface area contributed by atoms with E-state index in [0.29, 0.717) is 38.6 Å². The summed E-state index contributed by atoms with van der Waals surface area (Å²) in [5, 5.41) is 15.4. The minimum Gasteiger partial charge on any atom is -0.454 e. The van der Waals surface area contributed by atoms with Crippen molar-refractivity contribution in [2.24, 2.45) is 5.92 Å². The molecule has 1 aliphatic heterocycles. The van der Waals surface area contributed by atoms with Gasteiger partial charge in [0.2, 0.25) is 17.8 Å². The highest BCUT2D eigenvalue weighted by Crippen LogP contribution is 2.32. The molecule has 0 fully saturated rings. The maximum atomic E-state index is 13.0. The van der Waals surface area contributed by atoms with Crippen LogP contribution in [0.25, 0.3) is 10.6 Å². The van der Waals surface area contributed by atoms with E-state index in [1.165, 1.54) is 11.3 Å². The van der Waals surface area contributed by atoms with Gasteiger partial charge in [-0.3, -0.25) is 14.9 Å². The van der Waals surface area contributed by atoms with Gasteiger partial charge in [0, 0.05) is 16.1 Å². The van der Waals surface area contributed by atoms with E-state index in [1.54, 1.807) is 30.3 Å². The normalized spacial score (nSPS) is 14.0. The predicted molar refractivity (Wildman–Crippen MR) is 122 cm³/mol. The summed E-state index contributed by atoms with van der Waals surface area (Å²) in [6.45, 7) is 3.98. The molecule has 2 amide bonds. The van der Waals surface area contributed by atoms with Gasteiger partial charge in [-0.2, -0.15) is 0 Å². The van der Waals surface area contributed by atoms with Gasteiger partial charge >= 0.3 is 0 Å². The van der Waals surface area contributed by atoms with Gasteiger partial charge in [-0.25, -0.2) is 0 Å². The van der Waals surface area contributed by atoms with Crippen molar-refractivity contribution in [2.75, 3.05) is 12.1 Å². The molecule has 2 atom stereocenters. The van der Waals surface area contributed by atoms with E-state index >= 15 is 0 Å². The summed E-state index contributed by atoms with van der Waals surface area (Å²) in [6, 6.07) is 11.4. The molecule has 1 aliphatic rings. The molecule has 32 heavy (non-hydrogen) atoms. The van der Waals surface area contributed by atoms with Gasteiger partial charge in [0.15, 0.2) is 11.5 Å². The average molecular weight is 473 g/mol. The van der Waals surface area contributed by atoms with Crippen LogP contribution in [0.2, 0.25) is 5.02 Å². The van der Waals surface area contributed by atoms with Crippen LogP contribution >= 0.6 is 22.9 Å². The van der Waals surface area contributed by atoms with E-state index in [4.69, 9.17) is 21.1 Å². The molecule has 0 bridgehead atoms. The van der Waals surface area contributed by atoms with Crippen molar-refractivity contribution in [3.63, 3.8) is 0 Å². The molecule has 166 valence electrons. The smallest absolute Gasteiger partial charge is 0.252 e. The summed E-state index contributed by atoms with van der Waals surface area (Å²) in [5.74, 6) is 0.255. The molecule has 0 saturated heterocycles. The molecule has 3 aromatic rings. The molecule has 2 heterocycles. The van der Waals surface area contributed by atoms with Gasteiger partial charge in [-0.15, -0.1) is 10.2 Å². The number of fused-ring (bicyclic) bond motifs is 1. The first-order valence-corrected chi connectivity index (χ1v) is 11.2. The zero-order valence-electron chi connectivity index (χ0n) is 17.4. The molecule has 2 aromatic carbocycles. The summed E-state index contributed by atoms with van der Waals surface area (Å²) >= 11 is 7.27. The van der Waals surface area contributed by atoms with Crippen LogP contribution in [0.5, 0.6) is 11.5 Å². The van der Waals surface area contributed by atoms with Crippen molar-refractivity contribution in [1.29, 1.82) is 0 Å². The molecule has 0 saturated carbocycles. The number of aromatic nitrogens is 2. The average Bonchev–Trinajstić information content (AvgIpc) is 3.45. The number of anilines is 1. The van der Waals surface area contributed by atoms with Crippen molar-refractivity contribution >= 4 is 39.9 Å². The third-order valence-electron chi connectivity index (χ3n) is 5.14. The lowest BCUT2D eigenvalue weighted by atomic mass is 9.98. The first-order chi connectivity index (χ1) is 15.4. The number of hydrogen-bond acceptors (Lipinski definition) is 7. The molecule has 2 unspecified atom stereocenters. The summed E-state index contributed by atoms with van der Waals surface area (Å²) in [7, 11) is 0. The number of nitrogens with one attached hydrogen (secondary N) is 2. The number of rotatable bonds is 7. The van der Waals surface area contributed by atoms with Gasteiger partial charge in [-0.05, 0) is 36.2 Å². The van der Waals surface area contributed by atoms with E-state index in [-0.39, 0.29) is 24.5 Å². The Morgan fingerprint density at radius 2 is 1.97 bits per heavy atom. The summed E-state index contributed by atoms with van der Waals surface area (Å²) in [4.78, 5) is 25.8. The molecule has 1 aromatic heterocycles. The first kappa shape index (κ1) is 22.0. The molecule has 0 aliphatic carbocycles. The number of halogens is 1. The highest BCUT2D eigenvalue weighted by Gasteiger charge is 2.28. The van der Waals surface area contributed by atoms with Crippen LogP contribution in [0.1, 0.15) is 30.6 Å². The lowest BCUT2D eigenvalue weighted by Gasteiger charge is -2.23. The maximum absolute atomic E-state index is 13.0. The van der Waals surface area contributed by atoms with Gasteiger partial charge < -0.3 is 14.8 Å². The zero-order valence-corrected chi connectivity index (χ0v) is 19.0. The second-order valence-electron chi connectivity index (χ2n) is 7.32. The Morgan fingerprint density at radius 1 is 1.16 bits per heavy atom. The van der Waals surface area contributed by atoms with Crippen molar-refractivity contribution < 1.29 is 19.1 Å². The third-order valence-corrected chi connectivity index (χ3v) is 6.27. The first-order valence-electron chi connectivity index (χ1n) is 10.1. The number of carbonyl (C=O) groups excluding carboxylic acids is 2. The Hall–Kier alpha value is -3.17. The highest BCUT2D eigenvalue weighted by atomic mass is 35.5. The number of ether oxygens (including phenoxy) is 2. The van der Waals surface area contributed by atoms with Crippen LogP contribution in [-0.2, 0) is 4.79 Å². The van der Waals surface area contributed by atoms with E-state index in [9.17, 15) is 9.59 Å². The number of carbonyl (C=O) groups is 2. The molecular formula is C22H21ClN4O4S. The Labute approximate surface area is 193 Å². The molecular weight excluding hydrogens is 452 g/mol. The Balaban J connectivity index is 1.47. The monoisotopic (exact) mass is 472 g/mol. The van der Waals surface area contributed by atoms with Crippen molar-refractivity contribution in [3.05, 3.63) is 53.1 Å². The number of hydrogen-bond donors (Lipinski definition) is 2. The quantitative estimate of drug-likeness (QED) is 0.529. The van der Waals surface area contributed by atoms with E-state index in [0.717, 1.165) is 5.56 Å². The Bertz CT molecular complexity index is 1150. The Morgan fingerprint density at radius 3 is 2.75 bits per heavy atom. The number of amides is 2. The molecule has 2 N–H and O–H groups in total.